The van der Waals surface area contributed by atoms with Crippen LogP contribution in [0.5, 0.6) is 5.75 Å². The van der Waals surface area contributed by atoms with Crippen molar-refractivity contribution >= 4 is 11.7 Å². The number of pyridine rings is 1. The Morgan fingerprint density at radius 2 is 2.00 bits per heavy atom. The molecule has 2 aromatic rings. The van der Waals surface area contributed by atoms with E-state index in [0.717, 1.165) is 25.2 Å². The molecule has 1 aliphatic heterocycles. The van der Waals surface area contributed by atoms with E-state index in [1.807, 2.05) is 23.1 Å². The van der Waals surface area contributed by atoms with Crippen LogP contribution in [0.4, 0.5) is 10.5 Å². The largest absolute Gasteiger partial charge is 0.508 e. The number of phenolic OH excluding ortho intramolecular Hbond substituents is 1. The molecule has 0 atom stereocenters. The van der Waals surface area contributed by atoms with Crippen LogP contribution in [-0.2, 0) is 6.54 Å². The molecule has 2 heterocycles. The lowest BCUT2D eigenvalue weighted by atomic mass is 10.2. The summed E-state index contributed by atoms with van der Waals surface area (Å²) in [6, 6.07) is 10.8. The average molecular weight is 312 g/mol. The lowest BCUT2D eigenvalue weighted by Crippen LogP contribution is -2.49. The van der Waals surface area contributed by atoms with E-state index < -0.39 is 0 Å². The lowest BCUT2D eigenvalue weighted by molar-refractivity contribution is 0.143. The predicted molar refractivity (Wildman–Crippen MR) is 88.2 cm³/mol. The zero-order chi connectivity index (χ0) is 16.1. The van der Waals surface area contributed by atoms with Gasteiger partial charge in [0.2, 0.25) is 0 Å². The highest BCUT2D eigenvalue weighted by Gasteiger charge is 2.21. The number of amides is 2. The van der Waals surface area contributed by atoms with Gasteiger partial charge in [0.15, 0.2) is 0 Å². The number of hydrogen-bond donors (Lipinski definition) is 2. The molecule has 3 rings (SSSR count). The molecule has 0 radical (unpaired) electrons. The molecule has 2 N–H and O–H groups in total. The molecule has 0 aliphatic carbocycles. The number of nitrogens with one attached hydrogen (secondary N) is 1. The number of urea groups is 1. The minimum absolute atomic E-state index is 0.0880. The van der Waals surface area contributed by atoms with Crippen molar-refractivity contribution in [2.24, 2.45) is 0 Å². The molecule has 1 fully saturated rings. The van der Waals surface area contributed by atoms with Gasteiger partial charge in [-0.15, -0.1) is 0 Å². The van der Waals surface area contributed by atoms with Gasteiger partial charge in [0.1, 0.15) is 5.75 Å². The zero-order valence-electron chi connectivity index (χ0n) is 12.9. The maximum absolute atomic E-state index is 12.2. The van der Waals surface area contributed by atoms with Crippen LogP contribution in [0, 0.1) is 0 Å². The summed E-state index contributed by atoms with van der Waals surface area (Å²) in [4.78, 5) is 20.3. The van der Waals surface area contributed by atoms with Crippen molar-refractivity contribution in [3.8, 4) is 5.75 Å². The Morgan fingerprint density at radius 1 is 1.17 bits per heavy atom. The van der Waals surface area contributed by atoms with E-state index in [4.69, 9.17) is 0 Å². The number of aromatic nitrogens is 1. The van der Waals surface area contributed by atoms with E-state index in [1.54, 1.807) is 30.6 Å². The van der Waals surface area contributed by atoms with Crippen molar-refractivity contribution in [3.63, 3.8) is 0 Å². The van der Waals surface area contributed by atoms with Gasteiger partial charge < -0.3 is 15.3 Å². The summed E-state index contributed by atoms with van der Waals surface area (Å²) in [5.74, 6) is 0.289. The van der Waals surface area contributed by atoms with Gasteiger partial charge in [-0.05, 0) is 29.8 Å². The van der Waals surface area contributed by atoms with Crippen LogP contribution < -0.4 is 5.32 Å². The second-order valence-electron chi connectivity index (χ2n) is 5.60. The first-order chi connectivity index (χ1) is 11.2. The molecule has 120 valence electrons. The Bertz CT molecular complexity index is 655. The smallest absolute Gasteiger partial charge is 0.321 e. The monoisotopic (exact) mass is 312 g/mol. The number of nitrogens with zero attached hydrogens (tertiary/aromatic N) is 3. The maximum atomic E-state index is 12.2. The molecule has 1 aliphatic rings. The molecular formula is C17H20N4O2. The number of hydrogen-bond acceptors (Lipinski definition) is 4. The standard InChI is InChI=1S/C17H20N4O2/c22-16-5-1-3-14(11-16)13-20-7-9-21(10-8-20)17(23)19-15-4-2-6-18-12-15/h1-6,11-12,22H,7-10,13H2,(H,19,23). The van der Waals surface area contributed by atoms with Gasteiger partial charge in [-0.3, -0.25) is 9.88 Å². The topological polar surface area (TPSA) is 68.7 Å². The highest BCUT2D eigenvalue weighted by Crippen LogP contribution is 2.14. The Morgan fingerprint density at radius 3 is 2.70 bits per heavy atom. The molecule has 6 heteroatoms. The molecule has 0 spiro atoms. The van der Waals surface area contributed by atoms with Crippen LogP contribution in [0.2, 0.25) is 0 Å². The summed E-state index contributed by atoms with van der Waals surface area (Å²) in [5.41, 5.74) is 1.79. The Labute approximate surface area is 135 Å². The number of benzene rings is 1. The zero-order valence-corrected chi connectivity index (χ0v) is 12.9. The van der Waals surface area contributed by atoms with Crippen LogP contribution in [0.15, 0.2) is 48.8 Å². The van der Waals surface area contributed by atoms with Crippen molar-refractivity contribution in [3.05, 3.63) is 54.4 Å². The first-order valence-corrected chi connectivity index (χ1v) is 7.67. The first kappa shape index (κ1) is 15.3. The van der Waals surface area contributed by atoms with Gasteiger partial charge in [0, 0.05) is 38.9 Å². The average Bonchev–Trinajstić information content (AvgIpc) is 2.56. The number of carbonyl (C=O) groups excluding carboxylic acids is 1. The fraction of sp³-hybridized carbons (Fsp3) is 0.294. The third-order valence-electron chi connectivity index (χ3n) is 3.89. The van der Waals surface area contributed by atoms with Crippen molar-refractivity contribution in [2.45, 2.75) is 6.54 Å². The molecule has 0 saturated carbocycles. The Balaban J connectivity index is 1.49. The fourth-order valence-corrected chi connectivity index (χ4v) is 2.66. The normalized spacial score (nSPS) is 15.4. The molecule has 23 heavy (non-hydrogen) atoms. The van der Waals surface area contributed by atoms with Gasteiger partial charge in [-0.25, -0.2) is 4.79 Å². The highest BCUT2D eigenvalue weighted by atomic mass is 16.3. The number of rotatable bonds is 3. The summed E-state index contributed by atoms with van der Waals surface area (Å²) >= 11 is 0. The number of aromatic hydroxyl groups is 1. The Kier molecular flexibility index (Phi) is 4.73. The summed E-state index contributed by atoms with van der Waals surface area (Å²) in [6.07, 6.45) is 3.31. The summed E-state index contributed by atoms with van der Waals surface area (Å²) in [6.45, 7) is 3.79. The molecule has 0 bridgehead atoms. The number of phenols is 1. The molecule has 0 unspecified atom stereocenters. The van der Waals surface area contributed by atoms with E-state index in [2.05, 4.69) is 15.2 Å². The molecule has 6 nitrogen and oxygen atoms in total. The van der Waals surface area contributed by atoms with E-state index in [0.29, 0.717) is 18.8 Å². The summed E-state index contributed by atoms with van der Waals surface area (Å²) in [5, 5.41) is 12.4. The van der Waals surface area contributed by atoms with E-state index in [1.165, 1.54) is 0 Å². The van der Waals surface area contributed by atoms with Gasteiger partial charge >= 0.3 is 6.03 Å². The van der Waals surface area contributed by atoms with Gasteiger partial charge in [0.05, 0.1) is 11.9 Å². The van der Waals surface area contributed by atoms with Gasteiger partial charge in [-0.2, -0.15) is 0 Å². The lowest BCUT2D eigenvalue weighted by Gasteiger charge is -2.34. The third-order valence-corrected chi connectivity index (χ3v) is 3.89. The Hall–Kier alpha value is -2.60. The SMILES string of the molecule is O=C(Nc1cccnc1)N1CCN(Cc2cccc(O)c2)CC1. The number of anilines is 1. The van der Waals surface area contributed by atoms with Crippen LogP contribution in [0.3, 0.4) is 0 Å². The number of carbonyl (C=O) groups is 1. The van der Waals surface area contributed by atoms with E-state index in [9.17, 15) is 9.90 Å². The highest BCUT2D eigenvalue weighted by molar-refractivity contribution is 5.89. The van der Waals surface area contributed by atoms with Crippen molar-refractivity contribution in [2.75, 3.05) is 31.5 Å². The fourth-order valence-electron chi connectivity index (χ4n) is 2.66. The van der Waals surface area contributed by atoms with Gasteiger partial charge in [0.25, 0.3) is 0 Å². The van der Waals surface area contributed by atoms with E-state index in [-0.39, 0.29) is 11.8 Å². The first-order valence-electron chi connectivity index (χ1n) is 7.67. The number of piperazine rings is 1. The third kappa shape index (κ3) is 4.20. The van der Waals surface area contributed by atoms with Crippen LogP contribution in [0.25, 0.3) is 0 Å². The minimum Gasteiger partial charge on any atom is -0.508 e. The van der Waals surface area contributed by atoms with Crippen LogP contribution in [-0.4, -0.2) is 52.1 Å². The van der Waals surface area contributed by atoms with Crippen molar-refractivity contribution < 1.29 is 9.90 Å². The van der Waals surface area contributed by atoms with Crippen molar-refractivity contribution in [1.82, 2.24) is 14.8 Å². The summed E-state index contributed by atoms with van der Waals surface area (Å²) in [7, 11) is 0. The van der Waals surface area contributed by atoms with Crippen LogP contribution in [0.1, 0.15) is 5.56 Å². The second kappa shape index (κ2) is 7.11. The second-order valence-corrected chi connectivity index (χ2v) is 5.60. The molecular weight excluding hydrogens is 292 g/mol. The van der Waals surface area contributed by atoms with E-state index >= 15 is 0 Å². The van der Waals surface area contributed by atoms with Crippen molar-refractivity contribution in [1.29, 1.82) is 0 Å². The maximum Gasteiger partial charge on any atom is 0.321 e. The molecule has 1 aromatic heterocycles. The predicted octanol–water partition coefficient (Wildman–Crippen LogP) is 2.14. The van der Waals surface area contributed by atoms with Gasteiger partial charge in [-0.1, -0.05) is 12.1 Å². The minimum atomic E-state index is -0.0880. The molecule has 1 aromatic carbocycles. The summed E-state index contributed by atoms with van der Waals surface area (Å²) < 4.78 is 0. The molecule has 1 saturated heterocycles. The quantitative estimate of drug-likeness (QED) is 0.911. The van der Waals surface area contributed by atoms with Crippen LogP contribution >= 0.6 is 0 Å². The molecule has 2 amide bonds.